The molecule has 1 aromatic heterocycles. The number of nitrogens with two attached hydrogens (primary N) is 1. The van der Waals surface area contributed by atoms with Crippen molar-refractivity contribution in [3.05, 3.63) is 18.3 Å². The molecule has 1 heterocycles. The van der Waals surface area contributed by atoms with Gasteiger partial charge < -0.3 is 10.5 Å². The van der Waals surface area contributed by atoms with Crippen LogP contribution >= 0.6 is 0 Å². The molecular weight excluding hydrogens is 154 g/mol. The number of nitrogens with zero attached hydrogens (tertiary/aromatic N) is 1. The van der Waals surface area contributed by atoms with Gasteiger partial charge in [0, 0.05) is 0 Å². The van der Waals surface area contributed by atoms with Crippen LogP contribution < -0.4 is 10.5 Å². The van der Waals surface area contributed by atoms with Crippen LogP contribution in [0, 0.1) is 0 Å². The second-order valence-electron chi connectivity index (χ2n) is 2.52. The van der Waals surface area contributed by atoms with Crippen molar-refractivity contribution in [1.29, 1.82) is 0 Å². The van der Waals surface area contributed by atoms with Crippen molar-refractivity contribution >= 4 is 16.6 Å². The zero-order chi connectivity index (χ0) is 8.55. The summed E-state index contributed by atoms with van der Waals surface area (Å²) < 4.78 is 5.13. The van der Waals surface area contributed by atoms with Crippen molar-refractivity contribution in [3.8, 4) is 5.75 Å². The lowest BCUT2D eigenvalue weighted by molar-refractivity contribution is 0.422. The molecular formula is C8H9N3O. The second kappa shape index (κ2) is 2.41. The summed E-state index contributed by atoms with van der Waals surface area (Å²) in [4.78, 5) is 0. The van der Waals surface area contributed by atoms with Crippen molar-refractivity contribution in [1.82, 2.24) is 10.2 Å². The molecule has 12 heavy (non-hydrogen) atoms. The van der Waals surface area contributed by atoms with Crippen molar-refractivity contribution in [2.75, 3.05) is 12.8 Å². The average molecular weight is 163 g/mol. The third-order valence-corrected chi connectivity index (χ3v) is 1.81. The predicted octanol–water partition coefficient (Wildman–Crippen LogP) is 1.15. The van der Waals surface area contributed by atoms with Gasteiger partial charge >= 0.3 is 0 Å². The monoisotopic (exact) mass is 163 g/mol. The van der Waals surface area contributed by atoms with Crippen LogP contribution in [0.25, 0.3) is 10.9 Å². The van der Waals surface area contributed by atoms with E-state index in [1.807, 2.05) is 6.07 Å². The highest BCUT2D eigenvalue weighted by molar-refractivity contribution is 5.89. The highest BCUT2D eigenvalue weighted by Crippen LogP contribution is 2.29. The number of H-pyrrole nitrogens is 1. The van der Waals surface area contributed by atoms with Crippen LogP contribution in [0.4, 0.5) is 5.69 Å². The Morgan fingerprint density at radius 1 is 1.50 bits per heavy atom. The Kier molecular flexibility index (Phi) is 1.40. The van der Waals surface area contributed by atoms with Crippen LogP contribution in [-0.2, 0) is 0 Å². The molecule has 4 nitrogen and oxygen atoms in total. The molecule has 0 aliphatic heterocycles. The summed E-state index contributed by atoms with van der Waals surface area (Å²) in [5.41, 5.74) is 7.25. The Morgan fingerprint density at radius 2 is 2.33 bits per heavy atom. The zero-order valence-electron chi connectivity index (χ0n) is 6.66. The van der Waals surface area contributed by atoms with Gasteiger partial charge in [-0.25, -0.2) is 0 Å². The molecule has 0 aliphatic rings. The van der Waals surface area contributed by atoms with Crippen LogP contribution in [0.3, 0.4) is 0 Å². The number of aromatic nitrogens is 2. The largest absolute Gasteiger partial charge is 0.494 e. The number of ether oxygens (including phenoxy) is 1. The molecule has 0 saturated heterocycles. The van der Waals surface area contributed by atoms with Gasteiger partial charge in [0.1, 0.15) is 0 Å². The minimum Gasteiger partial charge on any atom is -0.494 e. The molecule has 0 atom stereocenters. The quantitative estimate of drug-likeness (QED) is 0.620. The molecule has 4 heteroatoms. The van der Waals surface area contributed by atoms with Crippen LogP contribution in [0.5, 0.6) is 5.75 Å². The molecule has 0 aliphatic carbocycles. The number of hydrogen-bond acceptors (Lipinski definition) is 3. The molecule has 2 rings (SSSR count). The first-order valence-electron chi connectivity index (χ1n) is 3.58. The van der Waals surface area contributed by atoms with E-state index < -0.39 is 0 Å². The van der Waals surface area contributed by atoms with Gasteiger partial charge in [-0.1, -0.05) is 0 Å². The minimum atomic E-state index is 0.631. The number of aromatic amines is 1. The Balaban J connectivity index is 2.83. The molecule has 0 spiro atoms. The lowest BCUT2D eigenvalue weighted by atomic mass is 10.2. The van der Waals surface area contributed by atoms with Gasteiger partial charge in [-0.05, 0) is 12.1 Å². The fourth-order valence-corrected chi connectivity index (χ4v) is 1.24. The molecule has 0 unspecified atom stereocenters. The van der Waals surface area contributed by atoms with E-state index in [9.17, 15) is 0 Å². The summed E-state index contributed by atoms with van der Waals surface area (Å²) in [6, 6.07) is 3.67. The number of fused-ring (bicyclic) bond motifs is 1. The van der Waals surface area contributed by atoms with Gasteiger partial charge in [0.15, 0.2) is 5.75 Å². The van der Waals surface area contributed by atoms with Crippen LogP contribution in [0.1, 0.15) is 0 Å². The van der Waals surface area contributed by atoms with E-state index >= 15 is 0 Å². The van der Waals surface area contributed by atoms with Crippen LogP contribution in [-0.4, -0.2) is 17.3 Å². The van der Waals surface area contributed by atoms with Crippen molar-refractivity contribution in [3.63, 3.8) is 0 Å². The van der Waals surface area contributed by atoms with E-state index in [1.54, 1.807) is 19.4 Å². The highest BCUT2D eigenvalue weighted by Gasteiger charge is 2.05. The first-order valence-corrected chi connectivity index (χ1v) is 3.58. The number of hydrogen-bond donors (Lipinski definition) is 2. The number of nitrogens with one attached hydrogen (secondary N) is 1. The Bertz CT molecular complexity index is 408. The normalized spacial score (nSPS) is 10.4. The van der Waals surface area contributed by atoms with Crippen molar-refractivity contribution in [2.24, 2.45) is 0 Å². The SMILES string of the molecule is COc1c(N)ccc2[nH]ncc12. The second-order valence-corrected chi connectivity index (χ2v) is 2.52. The van der Waals surface area contributed by atoms with Gasteiger partial charge in [-0.15, -0.1) is 0 Å². The summed E-state index contributed by atoms with van der Waals surface area (Å²) in [5, 5.41) is 7.64. The van der Waals surface area contributed by atoms with Crippen molar-refractivity contribution < 1.29 is 4.74 Å². The molecule has 0 amide bonds. The van der Waals surface area contributed by atoms with E-state index in [1.165, 1.54) is 0 Å². The van der Waals surface area contributed by atoms with E-state index in [2.05, 4.69) is 10.2 Å². The Morgan fingerprint density at radius 3 is 3.08 bits per heavy atom. The molecule has 0 saturated carbocycles. The number of anilines is 1. The predicted molar refractivity (Wildman–Crippen MR) is 47.1 cm³/mol. The minimum absolute atomic E-state index is 0.631. The summed E-state index contributed by atoms with van der Waals surface area (Å²) in [6.45, 7) is 0. The molecule has 0 fully saturated rings. The average Bonchev–Trinajstić information content (AvgIpc) is 2.52. The van der Waals surface area contributed by atoms with Gasteiger partial charge in [-0.2, -0.15) is 5.10 Å². The maximum absolute atomic E-state index is 5.69. The van der Waals surface area contributed by atoms with E-state index in [0.29, 0.717) is 11.4 Å². The first-order chi connectivity index (χ1) is 5.83. The van der Waals surface area contributed by atoms with E-state index in [-0.39, 0.29) is 0 Å². The Labute approximate surface area is 69.3 Å². The summed E-state index contributed by atoms with van der Waals surface area (Å²) in [6.07, 6.45) is 1.70. The first kappa shape index (κ1) is 6.97. The third kappa shape index (κ3) is 0.812. The van der Waals surface area contributed by atoms with Gasteiger partial charge in [0.05, 0.1) is 29.9 Å². The lowest BCUT2D eigenvalue weighted by Crippen LogP contribution is -1.91. The smallest absolute Gasteiger partial charge is 0.152 e. The third-order valence-electron chi connectivity index (χ3n) is 1.81. The molecule has 0 bridgehead atoms. The highest BCUT2D eigenvalue weighted by atomic mass is 16.5. The summed E-state index contributed by atoms with van der Waals surface area (Å²) >= 11 is 0. The lowest BCUT2D eigenvalue weighted by Gasteiger charge is -2.03. The summed E-state index contributed by atoms with van der Waals surface area (Å²) in [5.74, 6) is 0.682. The molecule has 62 valence electrons. The van der Waals surface area contributed by atoms with Crippen molar-refractivity contribution in [2.45, 2.75) is 0 Å². The van der Waals surface area contributed by atoms with Gasteiger partial charge in [0.25, 0.3) is 0 Å². The number of benzene rings is 1. The number of methoxy groups -OCH3 is 1. The Hall–Kier alpha value is -1.71. The summed E-state index contributed by atoms with van der Waals surface area (Å²) in [7, 11) is 1.60. The van der Waals surface area contributed by atoms with Gasteiger partial charge in [0.2, 0.25) is 0 Å². The zero-order valence-corrected chi connectivity index (χ0v) is 6.66. The number of rotatable bonds is 1. The van der Waals surface area contributed by atoms with Crippen LogP contribution in [0.15, 0.2) is 18.3 Å². The molecule has 2 aromatic rings. The standard InChI is InChI=1S/C8H9N3O/c1-12-8-5-4-10-11-7(5)3-2-6(8)9/h2-4H,9H2,1H3,(H,10,11). The van der Waals surface area contributed by atoms with Crippen LogP contribution in [0.2, 0.25) is 0 Å². The topological polar surface area (TPSA) is 63.9 Å². The molecule has 3 N–H and O–H groups in total. The number of nitrogen functional groups attached to an aromatic ring is 1. The fraction of sp³-hybridized carbons (Fsp3) is 0.125. The van der Waals surface area contributed by atoms with Gasteiger partial charge in [-0.3, -0.25) is 5.10 Å². The maximum Gasteiger partial charge on any atom is 0.152 e. The van der Waals surface area contributed by atoms with E-state index in [0.717, 1.165) is 10.9 Å². The maximum atomic E-state index is 5.69. The molecule has 0 radical (unpaired) electrons. The fourth-order valence-electron chi connectivity index (χ4n) is 1.24. The van der Waals surface area contributed by atoms with E-state index in [4.69, 9.17) is 10.5 Å². The molecule has 1 aromatic carbocycles.